The van der Waals surface area contributed by atoms with Gasteiger partial charge in [-0.2, -0.15) is 0 Å². The first kappa shape index (κ1) is 16.7. The Morgan fingerprint density at radius 2 is 1.48 bits per heavy atom. The molecule has 0 bridgehead atoms. The highest BCUT2D eigenvalue weighted by Gasteiger charge is 2.60. The second kappa shape index (κ2) is 5.19. The van der Waals surface area contributed by atoms with Gasteiger partial charge in [0.15, 0.2) is 5.54 Å². The summed E-state index contributed by atoms with van der Waals surface area (Å²) in [6, 6.07) is 9.72. The van der Waals surface area contributed by atoms with Gasteiger partial charge in [0.1, 0.15) is 5.54 Å². The molecule has 0 spiro atoms. The maximum absolute atomic E-state index is 12.9. The Bertz CT molecular complexity index is 763. The highest BCUT2D eigenvalue weighted by atomic mass is 79.9. The maximum atomic E-state index is 12.9. The largest absolute Gasteiger partial charge is 0.714 e. The van der Waals surface area contributed by atoms with Crippen molar-refractivity contribution in [2.75, 3.05) is 0 Å². The van der Waals surface area contributed by atoms with Crippen LogP contribution in [0.3, 0.4) is 0 Å². The Labute approximate surface area is 152 Å². The molecule has 0 N–H and O–H groups in total. The van der Waals surface area contributed by atoms with E-state index in [1.165, 1.54) is 0 Å². The van der Waals surface area contributed by atoms with E-state index in [1.54, 1.807) is 27.7 Å². The zero-order chi connectivity index (χ0) is 17.2. The van der Waals surface area contributed by atoms with Gasteiger partial charge < -0.3 is 5.21 Å². The fourth-order valence-corrected chi connectivity index (χ4v) is 4.51. The smallest absolute Gasteiger partial charge is 0.319 e. The van der Waals surface area contributed by atoms with Crippen molar-refractivity contribution in [1.29, 1.82) is 0 Å². The summed E-state index contributed by atoms with van der Waals surface area (Å²) in [7, 11) is 0. The topological polar surface area (TPSA) is 49.2 Å². The average molecular weight is 441 g/mol. The molecule has 0 fully saturated rings. The Hall–Kier alpha value is -1.11. The monoisotopic (exact) mass is 439 g/mol. The summed E-state index contributed by atoms with van der Waals surface area (Å²) >= 11 is 7.16. The van der Waals surface area contributed by atoms with Crippen LogP contribution in [0.2, 0.25) is 0 Å². The third-order valence-electron chi connectivity index (χ3n) is 5.07. The van der Waals surface area contributed by atoms with Crippen LogP contribution in [0.4, 0.5) is 0 Å². The van der Waals surface area contributed by atoms with Gasteiger partial charge in [0, 0.05) is 14.2 Å². The zero-order valence-electron chi connectivity index (χ0n) is 13.4. The fraction of sp³-hybridized carbons (Fsp3) is 0.353. The number of fused-ring (bicyclic) bond motifs is 1. The van der Waals surface area contributed by atoms with E-state index < -0.39 is 11.1 Å². The Balaban J connectivity index is 2.35. The maximum Gasteiger partial charge on any atom is 0.319 e. The molecular weight excluding hydrogens is 424 g/mol. The lowest BCUT2D eigenvalue weighted by atomic mass is 9.84. The minimum atomic E-state index is -0.836. The number of rotatable bonds is 1. The Morgan fingerprint density at radius 1 is 1.00 bits per heavy atom. The van der Waals surface area contributed by atoms with Crippen LogP contribution in [-0.2, 0) is 5.21 Å². The van der Waals surface area contributed by atoms with Gasteiger partial charge in [-0.3, -0.25) is 4.74 Å². The van der Waals surface area contributed by atoms with Crippen LogP contribution in [0.1, 0.15) is 33.3 Å². The molecule has 0 amide bonds. The van der Waals surface area contributed by atoms with Gasteiger partial charge in [-0.25, -0.2) is 0 Å². The third kappa shape index (κ3) is 2.08. The summed E-state index contributed by atoms with van der Waals surface area (Å²) in [6.45, 7) is 7.18. The number of nitrogens with zero attached hydrogens (tertiary/aromatic N) is 2. The average Bonchev–Trinajstić information content (AvgIpc) is 2.74. The molecule has 1 radical (unpaired) electrons. The first-order valence-electron chi connectivity index (χ1n) is 7.30. The van der Waals surface area contributed by atoms with Crippen molar-refractivity contribution in [3.05, 3.63) is 50.0 Å². The summed E-state index contributed by atoms with van der Waals surface area (Å²) in [5.74, 6) is 0.137. The van der Waals surface area contributed by atoms with Crippen molar-refractivity contribution < 1.29 is 9.95 Å². The van der Waals surface area contributed by atoms with E-state index in [2.05, 4.69) is 31.9 Å². The van der Waals surface area contributed by atoms with E-state index in [1.807, 2.05) is 30.3 Å². The highest BCUT2D eigenvalue weighted by molar-refractivity contribution is 9.11. The minimum Gasteiger partial charge on any atom is -0.714 e. The molecule has 3 aliphatic rings. The SMILES string of the molecule is CC1(C)N([O])C(c2c(Br)c3cccccc-3c2Br)=[N+]([O-])C1(C)C. The lowest BCUT2D eigenvalue weighted by molar-refractivity contribution is -0.539. The van der Waals surface area contributed by atoms with Crippen molar-refractivity contribution >= 4 is 37.7 Å². The van der Waals surface area contributed by atoms with Crippen LogP contribution in [0.25, 0.3) is 11.1 Å². The van der Waals surface area contributed by atoms with Crippen molar-refractivity contribution in [1.82, 2.24) is 5.06 Å². The zero-order valence-corrected chi connectivity index (χ0v) is 16.5. The van der Waals surface area contributed by atoms with E-state index >= 15 is 0 Å². The predicted octanol–water partition coefficient (Wildman–Crippen LogP) is 4.79. The van der Waals surface area contributed by atoms with Gasteiger partial charge in [-0.1, -0.05) is 35.4 Å². The van der Waals surface area contributed by atoms with Crippen molar-refractivity contribution in [2.45, 2.75) is 38.8 Å². The van der Waals surface area contributed by atoms with Crippen LogP contribution in [0, 0.1) is 5.21 Å². The molecular formula is C17H17Br2N2O2. The van der Waals surface area contributed by atoms with Gasteiger partial charge in [0.05, 0.1) is 5.56 Å². The van der Waals surface area contributed by atoms with E-state index in [-0.39, 0.29) is 5.84 Å². The van der Waals surface area contributed by atoms with Gasteiger partial charge in [-0.05, 0) is 70.7 Å². The van der Waals surface area contributed by atoms with Crippen LogP contribution < -0.4 is 0 Å². The van der Waals surface area contributed by atoms with Gasteiger partial charge in [-0.15, -0.1) is 0 Å². The molecule has 0 aromatic rings. The molecule has 0 saturated carbocycles. The van der Waals surface area contributed by atoms with Crippen molar-refractivity contribution in [3.63, 3.8) is 0 Å². The Morgan fingerprint density at radius 3 is 1.87 bits per heavy atom. The molecule has 23 heavy (non-hydrogen) atoms. The van der Waals surface area contributed by atoms with Crippen molar-refractivity contribution in [2.24, 2.45) is 0 Å². The molecule has 0 unspecified atom stereocenters. The molecule has 6 heteroatoms. The molecule has 3 rings (SSSR count). The van der Waals surface area contributed by atoms with Crippen LogP contribution in [0.15, 0.2) is 39.3 Å². The van der Waals surface area contributed by atoms with Gasteiger partial charge in [0.2, 0.25) is 0 Å². The third-order valence-corrected chi connectivity index (χ3v) is 6.72. The lowest BCUT2D eigenvalue weighted by Gasteiger charge is -2.32. The first-order chi connectivity index (χ1) is 10.6. The molecule has 2 aliphatic carbocycles. The van der Waals surface area contributed by atoms with Crippen molar-refractivity contribution in [3.8, 4) is 11.1 Å². The number of hydroxylamine groups is 3. The highest BCUT2D eigenvalue weighted by Crippen LogP contribution is 2.47. The summed E-state index contributed by atoms with van der Waals surface area (Å²) < 4.78 is 2.34. The van der Waals surface area contributed by atoms with Gasteiger partial charge >= 0.3 is 5.84 Å². The number of halogens is 2. The fourth-order valence-electron chi connectivity index (χ4n) is 2.80. The predicted molar refractivity (Wildman–Crippen MR) is 96.9 cm³/mol. The summed E-state index contributed by atoms with van der Waals surface area (Å²) in [5.41, 5.74) is 0.839. The lowest BCUT2D eigenvalue weighted by Crippen LogP contribution is -2.53. The van der Waals surface area contributed by atoms with Crippen LogP contribution >= 0.6 is 31.9 Å². The molecule has 0 saturated heterocycles. The quantitative estimate of drug-likeness (QED) is 0.472. The number of hydrogen-bond donors (Lipinski definition) is 0. The van der Waals surface area contributed by atoms with Gasteiger partial charge in [0.25, 0.3) is 0 Å². The van der Waals surface area contributed by atoms with Crippen LogP contribution in [0.5, 0.6) is 0 Å². The normalized spacial score (nSPS) is 19.7. The molecule has 1 aliphatic heterocycles. The molecule has 4 nitrogen and oxygen atoms in total. The van der Waals surface area contributed by atoms with E-state index in [9.17, 15) is 10.4 Å². The molecule has 1 heterocycles. The van der Waals surface area contributed by atoms with Crippen LogP contribution in [-0.4, -0.2) is 26.7 Å². The van der Waals surface area contributed by atoms with E-state index in [0.29, 0.717) is 5.56 Å². The molecule has 121 valence electrons. The number of amidine groups is 1. The molecule has 0 aromatic carbocycles. The Kier molecular flexibility index (Phi) is 3.78. The van der Waals surface area contributed by atoms with E-state index in [0.717, 1.165) is 29.9 Å². The second-order valence-electron chi connectivity index (χ2n) is 6.77. The summed E-state index contributed by atoms with van der Waals surface area (Å²) in [4.78, 5) is 0. The summed E-state index contributed by atoms with van der Waals surface area (Å²) in [6.07, 6.45) is 0. The standard InChI is InChI=1S/C17H17Br2N2O2/c1-16(2)17(3,4)21(23)15(20(16)22)12-13(18)10-8-6-5-7-9-11(10)14(12)19/h5-9H,1-4H3. The van der Waals surface area contributed by atoms with E-state index in [4.69, 9.17) is 0 Å². The summed E-state index contributed by atoms with van der Waals surface area (Å²) in [5, 5.41) is 26.6. The minimum absolute atomic E-state index is 0.137. The first-order valence-corrected chi connectivity index (χ1v) is 8.88. The second-order valence-corrected chi connectivity index (χ2v) is 8.36. The molecule has 0 atom stereocenters. The number of hydrogen-bond acceptors (Lipinski definition) is 2. The molecule has 0 aromatic heterocycles.